The summed E-state index contributed by atoms with van der Waals surface area (Å²) in [5.74, 6) is -1.65. The molecule has 12 heteroatoms. The number of hydroxylamine groups is 1. The Bertz CT molecular complexity index is 1470. The highest BCUT2D eigenvalue weighted by molar-refractivity contribution is 7.90. The van der Waals surface area contributed by atoms with E-state index in [-0.39, 0.29) is 24.8 Å². The number of nitrogen functional groups attached to an aromatic ring is 1. The van der Waals surface area contributed by atoms with Crippen molar-refractivity contribution in [3.8, 4) is 0 Å². The summed E-state index contributed by atoms with van der Waals surface area (Å²) in [7, 11) is -4.47. The van der Waals surface area contributed by atoms with Crippen LogP contribution in [-0.2, 0) is 28.7 Å². The smallest absolute Gasteiger partial charge is 0.340 e. The fourth-order valence-corrected chi connectivity index (χ4v) is 5.19. The molecule has 41 heavy (non-hydrogen) atoms. The van der Waals surface area contributed by atoms with Gasteiger partial charge >= 0.3 is 16.1 Å². The lowest BCUT2D eigenvalue weighted by Crippen LogP contribution is -2.44. The Morgan fingerprint density at radius 3 is 2.15 bits per heavy atom. The molecular weight excluding hydrogens is 546 g/mol. The minimum absolute atomic E-state index is 0.00462. The lowest BCUT2D eigenvalue weighted by molar-refractivity contribution is -0.135. The van der Waals surface area contributed by atoms with Gasteiger partial charge in [0, 0.05) is 17.7 Å². The molecule has 0 bridgehead atoms. The Hall–Kier alpha value is -4.36. The quantitative estimate of drug-likeness (QED) is 0.129. The van der Waals surface area contributed by atoms with E-state index in [9.17, 15) is 18.0 Å². The lowest BCUT2D eigenvalue weighted by Gasteiger charge is -2.13. The number of hydrogen-bond donors (Lipinski definition) is 5. The summed E-state index contributed by atoms with van der Waals surface area (Å²) in [5, 5.41) is 10.9. The van der Waals surface area contributed by atoms with Crippen molar-refractivity contribution in [1.29, 1.82) is 5.41 Å². The molecule has 11 nitrogen and oxygen atoms in total. The number of carbonyl (C=O) groups excluding carboxylic acids is 2. The molecule has 0 saturated carbocycles. The maximum Gasteiger partial charge on any atom is 0.340 e. The third kappa shape index (κ3) is 8.32. The second-order valence-corrected chi connectivity index (χ2v) is 10.8. The van der Waals surface area contributed by atoms with Crippen LogP contribution in [-0.4, -0.2) is 44.8 Å². The van der Waals surface area contributed by atoms with E-state index in [0.717, 1.165) is 11.0 Å². The molecule has 3 aromatic carbocycles. The van der Waals surface area contributed by atoms with E-state index in [1.807, 2.05) is 12.1 Å². The lowest BCUT2D eigenvalue weighted by atomic mass is 9.99. The summed E-state index contributed by atoms with van der Waals surface area (Å²) in [6.45, 7) is -0.322. The van der Waals surface area contributed by atoms with E-state index in [1.165, 1.54) is 0 Å². The predicted octanol–water partition coefficient (Wildman–Crippen LogP) is 2.10. The highest BCUT2D eigenvalue weighted by atomic mass is 32.2. The van der Waals surface area contributed by atoms with Gasteiger partial charge in [-0.2, -0.15) is 13.9 Å². The van der Waals surface area contributed by atoms with Gasteiger partial charge in [-0.1, -0.05) is 84.9 Å². The molecule has 0 spiro atoms. The number of hydrogen-bond acceptors (Lipinski definition) is 9. The van der Waals surface area contributed by atoms with Crippen LogP contribution >= 0.6 is 0 Å². The van der Waals surface area contributed by atoms with Crippen LogP contribution in [0.25, 0.3) is 5.57 Å². The summed E-state index contributed by atoms with van der Waals surface area (Å²) < 4.78 is 30.3. The van der Waals surface area contributed by atoms with Gasteiger partial charge in [-0.25, -0.2) is 4.79 Å². The van der Waals surface area contributed by atoms with Crippen LogP contribution in [0.2, 0.25) is 0 Å². The zero-order chi connectivity index (χ0) is 29.4. The van der Waals surface area contributed by atoms with Gasteiger partial charge in [0.25, 0.3) is 0 Å². The number of nitrogens with one attached hydrogen (secondary N) is 3. The van der Waals surface area contributed by atoms with Gasteiger partial charge in [0.15, 0.2) is 0 Å². The molecular formula is C29H31N5O6S. The van der Waals surface area contributed by atoms with Crippen LogP contribution in [0.4, 0.5) is 0 Å². The first-order valence-corrected chi connectivity index (χ1v) is 14.3. The average molecular weight is 578 g/mol. The van der Waals surface area contributed by atoms with Crippen molar-refractivity contribution in [2.45, 2.75) is 31.0 Å². The Balaban J connectivity index is 1.29. The first-order chi connectivity index (χ1) is 19.6. The number of rotatable bonds is 11. The molecule has 0 aliphatic carbocycles. The summed E-state index contributed by atoms with van der Waals surface area (Å²) >= 11 is 0. The second kappa shape index (κ2) is 13.3. The molecule has 0 aromatic heterocycles. The standard InChI is InChI=1S/C29H31N5O6S/c30-25(17-33-27(35)16-23-15-26(34-39-23)21-11-13-22(14-12-21)28(31)32)29(36)40-41(37,38)18-24(19-7-3-1-4-8-19)20-9-5-2-6-10-20/h1-14,18,23,25-26,34H,15-17,30H2,(H3,31,32)(H,33,35)/t23-,25+,26+/m1/s1. The molecule has 1 fully saturated rings. The maximum absolute atomic E-state index is 12.8. The van der Waals surface area contributed by atoms with E-state index in [4.69, 9.17) is 25.9 Å². The summed E-state index contributed by atoms with van der Waals surface area (Å²) in [6, 6.07) is 23.2. The Morgan fingerprint density at radius 2 is 1.59 bits per heavy atom. The van der Waals surface area contributed by atoms with Crippen molar-refractivity contribution in [2.24, 2.45) is 11.5 Å². The molecule has 1 aliphatic heterocycles. The highest BCUT2D eigenvalue weighted by Gasteiger charge is 2.29. The SMILES string of the molecule is N=C(N)c1ccc([C@@H]2C[C@H](CC(=O)NC[C@H](N)C(=O)OS(=O)(=O)C=C(c3ccccc3)c3ccccc3)ON2)cc1. The maximum atomic E-state index is 12.8. The van der Waals surface area contributed by atoms with Crippen LogP contribution in [0.5, 0.6) is 0 Å². The van der Waals surface area contributed by atoms with E-state index in [0.29, 0.717) is 28.7 Å². The molecule has 4 rings (SSSR count). The largest absolute Gasteiger partial charge is 0.384 e. The van der Waals surface area contributed by atoms with Crippen LogP contribution in [0, 0.1) is 5.41 Å². The van der Waals surface area contributed by atoms with Crippen molar-refractivity contribution in [3.63, 3.8) is 0 Å². The van der Waals surface area contributed by atoms with Crippen molar-refractivity contribution < 1.29 is 27.0 Å². The molecule has 0 radical (unpaired) electrons. The van der Waals surface area contributed by atoms with Gasteiger partial charge in [-0.05, 0) is 23.1 Å². The molecule has 1 saturated heterocycles. The van der Waals surface area contributed by atoms with Gasteiger partial charge in [0.2, 0.25) is 5.91 Å². The van der Waals surface area contributed by atoms with Crippen molar-refractivity contribution in [1.82, 2.24) is 10.8 Å². The number of amides is 1. The zero-order valence-corrected chi connectivity index (χ0v) is 22.8. The number of nitrogens with two attached hydrogens (primary N) is 2. The molecule has 1 heterocycles. The second-order valence-electron chi connectivity index (χ2n) is 9.46. The minimum atomic E-state index is -4.47. The van der Waals surface area contributed by atoms with Crippen LogP contribution in [0.15, 0.2) is 90.3 Å². The first kappa shape index (κ1) is 29.6. The van der Waals surface area contributed by atoms with Gasteiger partial charge < -0.3 is 21.0 Å². The van der Waals surface area contributed by atoms with Crippen LogP contribution in [0.3, 0.4) is 0 Å². The molecule has 1 amide bonds. The molecule has 1 aliphatic rings. The number of amidine groups is 1. The fraction of sp³-hybridized carbons (Fsp3) is 0.207. The highest BCUT2D eigenvalue weighted by Crippen LogP contribution is 2.27. The number of carbonyl (C=O) groups is 2. The minimum Gasteiger partial charge on any atom is -0.384 e. The van der Waals surface area contributed by atoms with Gasteiger partial charge in [0.1, 0.15) is 11.9 Å². The van der Waals surface area contributed by atoms with E-state index in [1.54, 1.807) is 72.8 Å². The van der Waals surface area contributed by atoms with Crippen molar-refractivity contribution in [2.75, 3.05) is 6.54 Å². The van der Waals surface area contributed by atoms with Crippen molar-refractivity contribution >= 4 is 33.4 Å². The summed E-state index contributed by atoms with van der Waals surface area (Å²) in [6.07, 6.45) is 0.0713. The third-order valence-electron chi connectivity index (χ3n) is 6.36. The first-order valence-electron chi connectivity index (χ1n) is 12.8. The monoisotopic (exact) mass is 577 g/mol. The van der Waals surface area contributed by atoms with Crippen LogP contribution < -0.4 is 22.3 Å². The number of benzene rings is 3. The fourth-order valence-electron chi connectivity index (χ4n) is 4.23. The molecule has 3 atom stereocenters. The van der Waals surface area contributed by atoms with Crippen molar-refractivity contribution in [3.05, 3.63) is 113 Å². The molecule has 0 unspecified atom stereocenters. The van der Waals surface area contributed by atoms with Gasteiger partial charge in [-0.15, -0.1) is 0 Å². The Morgan fingerprint density at radius 1 is 1.00 bits per heavy atom. The normalized spacial score (nSPS) is 17.3. The Labute approximate surface area is 238 Å². The average Bonchev–Trinajstić information content (AvgIpc) is 3.43. The predicted molar refractivity (Wildman–Crippen MR) is 153 cm³/mol. The zero-order valence-electron chi connectivity index (χ0n) is 22.0. The third-order valence-corrected chi connectivity index (χ3v) is 7.29. The van der Waals surface area contributed by atoms with E-state index < -0.39 is 34.1 Å². The summed E-state index contributed by atoms with van der Waals surface area (Å²) in [4.78, 5) is 30.4. The Kier molecular flexibility index (Phi) is 9.63. The van der Waals surface area contributed by atoms with E-state index in [2.05, 4.69) is 10.8 Å². The molecule has 3 aromatic rings. The van der Waals surface area contributed by atoms with Gasteiger partial charge in [-0.3, -0.25) is 15.0 Å². The molecule has 7 N–H and O–H groups in total. The summed E-state index contributed by atoms with van der Waals surface area (Å²) in [5.41, 5.74) is 17.3. The van der Waals surface area contributed by atoms with E-state index >= 15 is 0 Å². The topological polar surface area (TPSA) is 187 Å². The molecule has 214 valence electrons. The van der Waals surface area contributed by atoms with Crippen LogP contribution in [0.1, 0.15) is 41.1 Å². The van der Waals surface area contributed by atoms with Gasteiger partial charge in [0.05, 0.1) is 24.0 Å².